The van der Waals surface area contributed by atoms with E-state index in [2.05, 4.69) is 0 Å². The number of hydrogen-bond acceptors (Lipinski definition) is 2. The number of carbonyl (C=O) groups is 1. The van der Waals surface area contributed by atoms with E-state index >= 15 is 0 Å². The van der Waals surface area contributed by atoms with Crippen LogP contribution in [0, 0.1) is 0 Å². The minimum atomic E-state index is 0.0742. The van der Waals surface area contributed by atoms with Crippen molar-refractivity contribution in [1.29, 1.82) is 0 Å². The molecule has 14 heavy (non-hydrogen) atoms. The lowest BCUT2D eigenvalue weighted by molar-refractivity contribution is 0.0984. The van der Waals surface area contributed by atoms with Gasteiger partial charge in [0, 0.05) is 11.4 Å². The fourth-order valence-corrected chi connectivity index (χ4v) is 1.35. The molecular weight excluding hydrogens is 200 g/mol. The van der Waals surface area contributed by atoms with Crippen LogP contribution in [0.25, 0.3) is 0 Å². The number of benzene rings is 1. The summed E-state index contributed by atoms with van der Waals surface area (Å²) in [4.78, 5) is 11.5. The molecular formula is C11H13ClO2. The SMILES string of the molecule is CCOc1cc(Cl)ccc1C(=O)CC. The summed E-state index contributed by atoms with van der Waals surface area (Å²) in [6, 6.07) is 5.08. The largest absolute Gasteiger partial charge is 0.493 e. The quantitative estimate of drug-likeness (QED) is 0.716. The van der Waals surface area contributed by atoms with Crippen molar-refractivity contribution in [2.45, 2.75) is 20.3 Å². The van der Waals surface area contributed by atoms with Crippen LogP contribution in [0.3, 0.4) is 0 Å². The molecule has 0 unspecified atom stereocenters. The number of ketones is 1. The normalized spacial score (nSPS) is 9.93. The predicted octanol–water partition coefficient (Wildman–Crippen LogP) is 3.33. The van der Waals surface area contributed by atoms with E-state index < -0.39 is 0 Å². The van der Waals surface area contributed by atoms with Gasteiger partial charge in [0.2, 0.25) is 0 Å². The standard InChI is InChI=1S/C11H13ClO2/c1-3-10(13)9-6-5-8(12)7-11(9)14-4-2/h5-7H,3-4H2,1-2H3. The molecule has 0 N–H and O–H groups in total. The summed E-state index contributed by atoms with van der Waals surface area (Å²) < 4.78 is 5.34. The van der Waals surface area contributed by atoms with Gasteiger partial charge in [-0.3, -0.25) is 4.79 Å². The van der Waals surface area contributed by atoms with Crippen molar-refractivity contribution in [2.24, 2.45) is 0 Å². The van der Waals surface area contributed by atoms with Crippen LogP contribution in [0.1, 0.15) is 30.6 Å². The van der Waals surface area contributed by atoms with E-state index in [4.69, 9.17) is 16.3 Å². The van der Waals surface area contributed by atoms with E-state index in [0.29, 0.717) is 29.4 Å². The highest BCUT2D eigenvalue weighted by molar-refractivity contribution is 6.30. The Morgan fingerprint density at radius 2 is 2.14 bits per heavy atom. The first-order valence-electron chi connectivity index (χ1n) is 4.64. The van der Waals surface area contributed by atoms with Crippen molar-refractivity contribution >= 4 is 17.4 Å². The molecule has 1 rings (SSSR count). The third kappa shape index (κ3) is 2.48. The Labute approximate surface area is 88.8 Å². The summed E-state index contributed by atoms with van der Waals surface area (Å²) in [5, 5.41) is 0.584. The van der Waals surface area contributed by atoms with Crippen molar-refractivity contribution in [3.63, 3.8) is 0 Å². The maximum absolute atomic E-state index is 11.5. The van der Waals surface area contributed by atoms with Gasteiger partial charge in [-0.1, -0.05) is 18.5 Å². The Balaban J connectivity index is 3.07. The third-order valence-electron chi connectivity index (χ3n) is 1.87. The van der Waals surface area contributed by atoms with Gasteiger partial charge < -0.3 is 4.74 Å². The van der Waals surface area contributed by atoms with Crippen molar-refractivity contribution in [1.82, 2.24) is 0 Å². The van der Waals surface area contributed by atoms with Crippen molar-refractivity contribution in [2.75, 3.05) is 6.61 Å². The van der Waals surface area contributed by atoms with Crippen molar-refractivity contribution in [3.05, 3.63) is 28.8 Å². The zero-order chi connectivity index (χ0) is 10.6. The minimum absolute atomic E-state index is 0.0742. The monoisotopic (exact) mass is 212 g/mol. The first-order valence-corrected chi connectivity index (χ1v) is 5.02. The Morgan fingerprint density at radius 3 is 2.71 bits per heavy atom. The number of ether oxygens (including phenoxy) is 1. The van der Waals surface area contributed by atoms with E-state index in [1.54, 1.807) is 18.2 Å². The van der Waals surface area contributed by atoms with Gasteiger partial charge in [0.05, 0.1) is 12.2 Å². The molecule has 0 bridgehead atoms. The fraction of sp³-hybridized carbons (Fsp3) is 0.364. The molecule has 0 aromatic heterocycles. The van der Waals surface area contributed by atoms with E-state index in [1.165, 1.54) is 0 Å². The Bertz CT molecular complexity index is 334. The molecule has 0 aliphatic rings. The third-order valence-corrected chi connectivity index (χ3v) is 2.10. The van der Waals surface area contributed by atoms with Gasteiger partial charge in [0.1, 0.15) is 5.75 Å². The summed E-state index contributed by atoms with van der Waals surface area (Å²) in [5.41, 5.74) is 0.610. The molecule has 0 saturated heterocycles. The summed E-state index contributed by atoms with van der Waals surface area (Å²) >= 11 is 5.81. The van der Waals surface area contributed by atoms with Gasteiger partial charge >= 0.3 is 0 Å². The van der Waals surface area contributed by atoms with Crippen LogP contribution in [-0.4, -0.2) is 12.4 Å². The minimum Gasteiger partial charge on any atom is -0.493 e. The van der Waals surface area contributed by atoms with E-state index in [1.807, 2.05) is 13.8 Å². The number of hydrogen-bond donors (Lipinski definition) is 0. The highest BCUT2D eigenvalue weighted by Gasteiger charge is 2.10. The van der Waals surface area contributed by atoms with Crippen molar-refractivity contribution < 1.29 is 9.53 Å². The molecule has 0 radical (unpaired) electrons. The molecule has 0 heterocycles. The predicted molar refractivity (Wildman–Crippen MR) is 57.2 cm³/mol. The van der Waals surface area contributed by atoms with Gasteiger partial charge in [-0.05, 0) is 25.1 Å². The molecule has 0 spiro atoms. The summed E-state index contributed by atoms with van der Waals surface area (Å²) in [6.45, 7) is 4.23. The van der Waals surface area contributed by atoms with Crippen LogP contribution in [0.15, 0.2) is 18.2 Å². The number of Topliss-reactive ketones (excluding diaryl/α,β-unsaturated/α-hetero) is 1. The maximum atomic E-state index is 11.5. The lowest BCUT2D eigenvalue weighted by Gasteiger charge is -2.08. The zero-order valence-electron chi connectivity index (χ0n) is 8.34. The van der Waals surface area contributed by atoms with Crippen LogP contribution in [-0.2, 0) is 0 Å². The molecule has 2 nitrogen and oxygen atoms in total. The average Bonchev–Trinajstić information content (AvgIpc) is 2.17. The maximum Gasteiger partial charge on any atom is 0.166 e. The van der Waals surface area contributed by atoms with Gasteiger partial charge in [0.25, 0.3) is 0 Å². The lowest BCUT2D eigenvalue weighted by atomic mass is 10.1. The fourth-order valence-electron chi connectivity index (χ4n) is 1.19. The highest BCUT2D eigenvalue weighted by atomic mass is 35.5. The smallest absolute Gasteiger partial charge is 0.166 e. The van der Waals surface area contributed by atoms with Crippen LogP contribution in [0.5, 0.6) is 5.75 Å². The van der Waals surface area contributed by atoms with Crippen LogP contribution in [0.2, 0.25) is 5.02 Å². The average molecular weight is 213 g/mol. The molecule has 3 heteroatoms. The molecule has 0 amide bonds. The van der Waals surface area contributed by atoms with Crippen LogP contribution in [0.4, 0.5) is 0 Å². The second-order valence-electron chi connectivity index (χ2n) is 2.85. The topological polar surface area (TPSA) is 26.3 Å². The molecule has 1 aromatic carbocycles. The molecule has 0 saturated carbocycles. The highest BCUT2D eigenvalue weighted by Crippen LogP contribution is 2.24. The summed E-state index contributed by atoms with van der Waals surface area (Å²) in [7, 11) is 0. The van der Waals surface area contributed by atoms with Crippen LogP contribution < -0.4 is 4.74 Å². The van der Waals surface area contributed by atoms with Gasteiger partial charge in [0.15, 0.2) is 5.78 Å². The zero-order valence-corrected chi connectivity index (χ0v) is 9.10. The van der Waals surface area contributed by atoms with Gasteiger partial charge in [-0.25, -0.2) is 0 Å². The Hall–Kier alpha value is -1.02. The molecule has 0 atom stereocenters. The van der Waals surface area contributed by atoms with E-state index in [0.717, 1.165) is 0 Å². The van der Waals surface area contributed by atoms with Crippen molar-refractivity contribution in [3.8, 4) is 5.75 Å². The van der Waals surface area contributed by atoms with Gasteiger partial charge in [-0.15, -0.1) is 0 Å². The Kier molecular flexibility index (Phi) is 3.96. The van der Waals surface area contributed by atoms with E-state index in [-0.39, 0.29) is 5.78 Å². The van der Waals surface area contributed by atoms with E-state index in [9.17, 15) is 4.79 Å². The molecule has 0 aliphatic carbocycles. The number of rotatable bonds is 4. The van der Waals surface area contributed by atoms with Gasteiger partial charge in [-0.2, -0.15) is 0 Å². The summed E-state index contributed by atoms with van der Waals surface area (Å²) in [5.74, 6) is 0.650. The first kappa shape index (κ1) is 11.1. The molecule has 0 fully saturated rings. The molecule has 1 aromatic rings. The Morgan fingerprint density at radius 1 is 1.43 bits per heavy atom. The second kappa shape index (κ2) is 5.01. The first-order chi connectivity index (χ1) is 6.69. The molecule has 0 aliphatic heterocycles. The lowest BCUT2D eigenvalue weighted by Crippen LogP contribution is -2.02. The second-order valence-corrected chi connectivity index (χ2v) is 3.29. The van der Waals surface area contributed by atoms with Crippen LogP contribution >= 0.6 is 11.6 Å². The number of halogens is 1. The summed E-state index contributed by atoms with van der Waals surface area (Å²) in [6.07, 6.45) is 0.474. The molecule has 76 valence electrons. The number of carbonyl (C=O) groups excluding carboxylic acids is 1.